The van der Waals surface area contributed by atoms with Crippen LogP contribution in [0.2, 0.25) is 0 Å². The van der Waals surface area contributed by atoms with Gasteiger partial charge >= 0.3 is 0 Å². The molecule has 104 valence electrons. The normalized spacial score (nSPS) is 13.9. The van der Waals surface area contributed by atoms with Crippen LogP contribution in [-0.4, -0.2) is 32.7 Å². The van der Waals surface area contributed by atoms with E-state index in [1.807, 2.05) is 0 Å². The third kappa shape index (κ3) is 3.88. The number of hydrogen-bond acceptors (Lipinski definition) is 2. The minimum absolute atomic E-state index is 0.824. The van der Waals surface area contributed by atoms with Crippen LogP contribution in [0.3, 0.4) is 0 Å². The Kier molecular flexibility index (Phi) is 5.07. The fourth-order valence-electron chi connectivity index (χ4n) is 2.18. The van der Waals surface area contributed by atoms with E-state index in [0.29, 0.717) is 0 Å². The van der Waals surface area contributed by atoms with Gasteiger partial charge in [0.2, 0.25) is 0 Å². The Labute approximate surface area is 115 Å². The van der Waals surface area contributed by atoms with Crippen LogP contribution >= 0.6 is 0 Å². The third-order valence-electron chi connectivity index (χ3n) is 3.23. The number of guanidine groups is 1. The first-order valence-corrected chi connectivity index (χ1v) is 7.02. The smallest absolute Gasteiger partial charge is 0.190 e. The number of aliphatic imine (C=N–C) groups is 1. The molecule has 4 nitrogen and oxygen atoms in total. The summed E-state index contributed by atoms with van der Waals surface area (Å²) < 4.78 is 5.51. The van der Waals surface area contributed by atoms with E-state index < -0.39 is 0 Å². The van der Waals surface area contributed by atoms with Gasteiger partial charge in [0.1, 0.15) is 5.75 Å². The van der Waals surface area contributed by atoms with Gasteiger partial charge in [-0.3, -0.25) is 4.99 Å². The highest BCUT2D eigenvalue weighted by atomic mass is 16.5. The predicted molar refractivity (Wildman–Crippen MR) is 79.0 cm³/mol. The molecule has 0 saturated carbocycles. The molecule has 0 saturated heterocycles. The molecule has 1 aliphatic heterocycles. The highest BCUT2D eigenvalue weighted by Crippen LogP contribution is 2.25. The lowest BCUT2D eigenvalue weighted by Crippen LogP contribution is -2.38. The Bertz CT molecular complexity index is 443. The first kappa shape index (κ1) is 13.7. The largest absolute Gasteiger partial charge is 0.493 e. The van der Waals surface area contributed by atoms with Crippen molar-refractivity contribution in [1.82, 2.24) is 10.6 Å². The van der Waals surface area contributed by atoms with Crippen LogP contribution in [0, 0.1) is 0 Å². The topological polar surface area (TPSA) is 45.7 Å². The molecule has 0 unspecified atom stereocenters. The molecule has 2 rings (SSSR count). The molecule has 0 aromatic heterocycles. The van der Waals surface area contributed by atoms with Crippen LogP contribution in [-0.2, 0) is 12.8 Å². The molecule has 0 amide bonds. The van der Waals surface area contributed by atoms with Gasteiger partial charge in [-0.05, 0) is 30.0 Å². The quantitative estimate of drug-likeness (QED) is 0.627. The average Bonchev–Trinajstić information content (AvgIpc) is 2.90. The Hall–Kier alpha value is -1.71. The summed E-state index contributed by atoms with van der Waals surface area (Å²) >= 11 is 0. The Balaban J connectivity index is 1.79. The summed E-state index contributed by atoms with van der Waals surface area (Å²) in [5.41, 5.74) is 2.69. The van der Waals surface area contributed by atoms with Crippen LogP contribution in [0.1, 0.15) is 24.5 Å². The standard InChI is InChI=1S/C15H23N3O/c1-3-8-17-15(16-2)18-9-6-12-4-5-14-13(11-12)7-10-19-14/h4-5,11H,3,6-10H2,1-2H3,(H2,16,17,18). The van der Waals surface area contributed by atoms with E-state index in [1.54, 1.807) is 7.05 Å². The highest BCUT2D eigenvalue weighted by molar-refractivity contribution is 5.79. The van der Waals surface area contributed by atoms with E-state index in [2.05, 4.69) is 40.7 Å². The van der Waals surface area contributed by atoms with Gasteiger partial charge in [0.15, 0.2) is 5.96 Å². The van der Waals surface area contributed by atoms with Crippen molar-refractivity contribution in [2.24, 2.45) is 4.99 Å². The van der Waals surface area contributed by atoms with E-state index in [0.717, 1.165) is 50.7 Å². The minimum atomic E-state index is 0.824. The molecular weight excluding hydrogens is 238 g/mol. The molecule has 0 aliphatic carbocycles. The lowest BCUT2D eigenvalue weighted by molar-refractivity contribution is 0.357. The Morgan fingerprint density at radius 1 is 1.32 bits per heavy atom. The van der Waals surface area contributed by atoms with Crippen LogP contribution in [0.25, 0.3) is 0 Å². The van der Waals surface area contributed by atoms with Crippen LogP contribution in [0.5, 0.6) is 5.75 Å². The zero-order valence-electron chi connectivity index (χ0n) is 11.8. The first-order valence-electron chi connectivity index (χ1n) is 7.02. The molecule has 19 heavy (non-hydrogen) atoms. The molecule has 0 spiro atoms. The van der Waals surface area contributed by atoms with E-state index in [-0.39, 0.29) is 0 Å². The summed E-state index contributed by atoms with van der Waals surface area (Å²) in [6.45, 7) is 4.82. The molecule has 0 radical (unpaired) electrons. The Morgan fingerprint density at radius 2 is 2.16 bits per heavy atom. The van der Waals surface area contributed by atoms with Crippen LogP contribution < -0.4 is 15.4 Å². The molecule has 2 N–H and O–H groups in total. The maximum Gasteiger partial charge on any atom is 0.190 e. The van der Waals surface area contributed by atoms with E-state index in [4.69, 9.17) is 4.74 Å². The van der Waals surface area contributed by atoms with E-state index >= 15 is 0 Å². The van der Waals surface area contributed by atoms with Gasteiger partial charge in [0.05, 0.1) is 6.61 Å². The molecule has 0 bridgehead atoms. The van der Waals surface area contributed by atoms with Gasteiger partial charge in [-0.1, -0.05) is 19.1 Å². The monoisotopic (exact) mass is 261 g/mol. The van der Waals surface area contributed by atoms with Crippen molar-refractivity contribution in [3.8, 4) is 5.75 Å². The minimum Gasteiger partial charge on any atom is -0.493 e. The molecular formula is C15H23N3O. The molecule has 4 heteroatoms. The fraction of sp³-hybridized carbons (Fsp3) is 0.533. The van der Waals surface area contributed by atoms with Gasteiger partial charge in [-0.2, -0.15) is 0 Å². The molecule has 1 aromatic carbocycles. The fourth-order valence-corrected chi connectivity index (χ4v) is 2.18. The van der Waals surface area contributed by atoms with Gasteiger partial charge in [0, 0.05) is 26.6 Å². The SMILES string of the molecule is CCCNC(=NC)NCCc1ccc2c(c1)CCO2. The summed E-state index contributed by atoms with van der Waals surface area (Å²) in [5, 5.41) is 6.59. The number of rotatable bonds is 5. The summed E-state index contributed by atoms with van der Waals surface area (Å²) in [4.78, 5) is 4.19. The second-order valence-corrected chi connectivity index (χ2v) is 4.72. The number of ether oxygens (including phenoxy) is 1. The van der Waals surface area contributed by atoms with Gasteiger partial charge in [-0.15, -0.1) is 0 Å². The van der Waals surface area contributed by atoms with Crippen molar-refractivity contribution in [3.05, 3.63) is 29.3 Å². The molecule has 1 aromatic rings. The lowest BCUT2D eigenvalue weighted by Gasteiger charge is -2.11. The van der Waals surface area contributed by atoms with Crippen molar-refractivity contribution in [3.63, 3.8) is 0 Å². The van der Waals surface area contributed by atoms with Crippen molar-refractivity contribution < 1.29 is 4.74 Å². The predicted octanol–water partition coefficient (Wildman–Crippen LogP) is 1.74. The van der Waals surface area contributed by atoms with Crippen molar-refractivity contribution in [2.45, 2.75) is 26.2 Å². The average molecular weight is 261 g/mol. The zero-order valence-corrected chi connectivity index (χ0v) is 11.8. The van der Waals surface area contributed by atoms with Gasteiger partial charge in [-0.25, -0.2) is 0 Å². The summed E-state index contributed by atoms with van der Waals surface area (Å²) in [7, 11) is 1.80. The van der Waals surface area contributed by atoms with Crippen molar-refractivity contribution >= 4 is 5.96 Å². The summed E-state index contributed by atoms with van der Waals surface area (Å²) in [6.07, 6.45) is 3.14. The first-order chi connectivity index (χ1) is 9.33. The number of hydrogen-bond donors (Lipinski definition) is 2. The van der Waals surface area contributed by atoms with Crippen molar-refractivity contribution in [1.29, 1.82) is 0 Å². The second kappa shape index (κ2) is 7.02. The lowest BCUT2D eigenvalue weighted by atomic mass is 10.1. The van der Waals surface area contributed by atoms with Crippen molar-refractivity contribution in [2.75, 3.05) is 26.7 Å². The molecule has 1 aliphatic rings. The Morgan fingerprint density at radius 3 is 2.95 bits per heavy atom. The van der Waals surface area contributed by atoms with Crippen LogP contribution in [0.4, 0.5) is 0 Å². The third-order valence-corrected chi connectivity index (χ3v) is 3.23. The molecule has 0 fully saturated rings. The summed E-state index contributed by atoms with van der Waals surface area (Å²) in [6, 6.07) is 6.49. The number of nitrogens with one attached hydrogen (secondary N) is 2. The molecule has 1 heterocycles. The molecule has 0 atom stereocenters. The maximum atomic E-state index is 5.51. The number of nitrogens with zero attached hydrogens (tertiary/aromatic N) is 1. The van der Waals surface area contributed by atoms with Gasteiger partial charge < -0.3 is 15.4 Å². The second-order valence-electron chi connectivity index (χ2n) is 4.72. The summed E-state index contributed by atoms with van der Waals surface area (Å²) in [5.74, 6) is 1.93. The maximum absolute atomic E-state index is 5.51. The van der Waals surface area contributed by atoms with Gasteiger partial charge in [0.25, 0.3) is 0 Å². The van der Waals surface area contributed by atoms with E-state index in [1.165, 1.54) is 11.1 Å². The highest BCUT2D eigenvalue weighted by Gasteiger charge is 2.11. The number of benzene rings is 1. The number of fused-ring (bicyclic) bond motifs is 1. The van der Waals surface area contributed by atoms with E-state index in [9.17, 15) is 0 Å². The van der Waals surface area contributed by atoms with Crippen LogP contribution in [0.15, 0.2) is 23.2 Å². The zero-order chi connectivity index (χ0) is 13.5.